The maximum atomic E-state index is 13.8. The lowest BCUT2D eigenvalue weighted by Gasteiger charge is -2.22. The van der Waals surface area contributed by atoms with Gasteiger partial charge in [-0.1, -0.05) is 36.4 Å². The summed E-state index contributed by atoms with van der Waals surface area (Å²) in [7, 11) is 3.81. The normalized spacial score (nSPS) is 15.6. The van der Waals surface area contributed by atoms with Gasteiger partial charge in [-0.3, -0.25) is 9.59 Å². The molecule has 6 heteroatoms. The largest absolute Gasteiger partial charge is 0.378 e. The van der Waals surface area contributed by atoms with Crippen LogP contribution in [-0.4, -0.2) is 32.5 Å². The van der Waals surface area contributed by atoms with Crippen LogP contribution in [0.3, 0.4) is 0 Å². The molecule has 2 heterocycles. The van der Waals surface area contributed by atoms with Crippen molar-refractivity contribution in [2.75, 3.05) is 35.3 Å². The lowest BCUT2D eigenvalue weighted by molar-refractivity contribution is -0.120. The van der Waals surface area contributed by atoms with Gasteiger partial charge < -0.3 is 9.80 Å². The minimum absolute atomic E-state index is 0.293. The van der Waals surface area contributed by atoms with Crippen LogP contribution >= 0.6 is 0 Å². The first-order chi connectivity index (χ1) is 15.5. The molecule has 0 aliphatic carbocycles. The summed E-state index contributed by atoms with van der Waals surface area (Å²) < 4.78 is 13.6. The zero-order chi connectivity index (χ0) is 22.4. The lowest BCUT2D eigenvalue weighted by Crippen LogP contribution is -2.35. The molecule has 32 heavy (non-hydrogen) atoms. The lowest BCUT2D eigenvalue weighted by atomic mass is 10.0. The van der Waals surface area contributed by atoms with Gasteiger partial charge >= 0.3 is 0 Å². The van der Waals surface area contributed by atoms with E-state index < -0.39 is 11.7 Å². The molecule has 0 fully saturated rings. The Kier molecular flexibility index (Phi) is 4.78. The molecular weight excluding hydrogens is 405 g/mol. The molecule has 0 saturated carbocycles. The van der Waals surface area contributed by atoms with Crippen LogP contribution < -0.4 is 14.7 Å². The first-order valence-electron chi connectivity index (χ1n) is 10.5. The molecule has 0 N–H and O–H groups in total. The monoisotopic (exact) mass is 427 g/mol. The Bertz CT molecular complexity index is 1260. The van der Waals surface area contributed by atoms with Gasteiger partial charge in [-0.15, -0.1) is 0 Å². The highest BCUT2D eigenvalue weighted by atomic mass is 19.1. The molecule has 0 unspecified atom stereocenters. The number of nitrogens with zero attached hydrogens (tertiary/aromatic N) is 3. The van der Waals surface area contributed by atoms with Crippen LogP contribution in [0.15, 0.2) is 78.5 Å². The Hall–Kier alpha value is -3.93. The van der Waals surface area contributed by atoms with Crippen LogP contribution in [0.25, 0.3) is 5.57 Å². The van der Waals surface area contributed by atoms with Crippen LogP contribution in [-0.2, 0) is 16.0 Å². The molecular formula is C26H22FN3O2. The Morgan fingerprint density at radius 2 is 1.62 bits per heavy atom. The van der Waals surface area contributed by atoms with Crippen molar-refractivity contribution < 1.29 is 14.0 Å². The van der Waals surface area contributed by atoms with Crippen LogP contribution in [0.1, 0.15) is 11.1 Å². The summed E-state index contributed by atoms with van der Waals surface area (Å²) in [6, 6.07) is 20.9. The summed E-state index contributed by atoms with van der Waals surface area (Å²) in [5.41, 5.74) is 4.60. The predicted octanol–water partition coefficient (Wildman–Crippen LogP) is 4.24. The molecule has 0 bridgehead atoms. The van der Waals surface area contributed by atoms with Gasteiger partial charge in [0.2, 0.25) is 0 Å². The van der Waals surface area contributed by atoms with Crippen molar-refractivity contribution in [1.29, 1.82) is 0 Å². The number of anilines is 3. The van der Waals surface area contributed by atoms with Gasteiger partial charge in [-0.2, -0.15) is 0 Å². The van der Waals surface area contributed by atoms with Crippen molar-refractivity contribution in [2.24, 2.45) is 0 Å². The molecule has 0 radical (unpaired) electrons. The standard InChI is InChI=1S/C26H22FN3O2/c1-28(2)20-7-5-8-21(16-20)30-25(31)23(18-10-12-19(27)13-11-18)24(26(30)32)29-15-14-17-6-3-4-9-22(17)29/h3-13,16H,14-15H2,1-2H3. The fourth-order valence-electron chi connectivity index (χ4n) is 4.36. The second kappa shape index (κ2) is 7.64. The third-order valence-corrected chi connectivity index (χ3v) is 5.95. The molecule has 2 amide bonds. The van der Waals surface area contributed by atoms with Crippen molar-refractivity contribution in [3.63, 3.8) is 0 Å². The number of hydrogen-bond acceptors (Lipinski definition) is 4. The second-order valence-corrected chi connectivity index (χ2v) is 8.12. The Morgan fingerprint density at radius 1 is 0.875 bits per heavy atom. The molecule has 5 nitrogen and oxygen atoms in total. The third-order valence-electron chi connectivity index (χ3n) is 5.95. The van der Waals surface area contributed by atoms with E-state index in [1.807, 2.05) is 66.4 Å². The average molecular weight is 427 g/mol. The van der Waals surface area contributed by atoms with Gasteiger partial charge in [0, 0.05) is 32.0 Å². The average Bonchev–Trinajstić information content (AvgIpc) is 3.32. The number of hydrogen-bond donors (Lipinski definition) is 0. The first kappa shape index (κ1) is 20.0. The number of benzene rings is 3. The number of fused-ring (bicyclic) bond motifs is 1. The molecule has 2 aliphatic heterocycles. The van der Waals surface area contributed by atoms with Crippen molar-refractivity contribution in [3.8, 4) is 0 Å². The summed E-state index contributed by atoms with van der Waals surface area (Å²) >= 11 is 0. The van der Waals surface area contributed by atoms with Crippen LogP contribution in [0.4, 0.5) is 21.5 Å². The van der Waals surface area contributed by atoms with Crippen molar-refractivity contribution in [2.45, 2.75) is 6.42 Å². The van der Waals surface area contributed by atoms with Crippen LogP contribution in [0.2, 0.25) is 0 Å². The number of carbonyl (C=O) groups excluding carboxylic acids is 2. The van der Waals surface area contributed by atoms with Crippen LogP contribution in [0, 0.1) is 5.82 Å². The molecule has 0 aromatic heterocycles. The van der Waals surface area contributed by atoms with Gasteiger partial charge in [0.1, 0.15) is 11.5 Å². The zero-order valence-electron chi connectivity index (χ0n) is 17.9. The highest BCUT2D eigenvalue weighted by molar-refractivity contribution is 6.46. The number of imide groups is 1. The Morgan fingerprint density at radius 3 is 2.38 bits per heavy atom. The number of rotatable bonds is 4. The quantitative estimate of drug-likeness (QED) is 0.585. The SMILES string of the molecule is CN(C)c1cccc(N2C(=O)C(c3ccc(F)cc3)=C(N3CCc4ccccc43)C2=O)c1. The summed E-state index contributed by atoms with van der Waals surface area (Å²) in [5.74, 6) is -1.17. The topological polar surface area (TPSA) is 43.9 Å². The molecule has 160 valence electrons. The summed E-state index contributed by atoms with van der Waals surface area (Å²) in [6.45, 7) is 0.601. The maximum Gasteiger partial charge on any atom is 0.282 e. The fourth-order valence-corrected chi connectivity index (χ4v) is 4.36. The van der Waals surface area contributed by atoms with Crippen molar-refractivity contribution >= 4 is 34.4 Å². The summed E-state index contributed by atoms with van der Waals surface area (Å²) in [4.78, 5) is 32.5. The van der Waals surface area contributed by atoms with E-state index in [-0.39, 0.29) is 5.91 Å². The van der Waals surface area contributed by atoms with E-state index in [0.29, 0.717) is 29.1 Å². The maximum absolute atomic E-state index is 13.8. The van der Waals surface area contributed by atoms with Gasteiger partial charge in [-0.25, -0.2) is 9.29 Å². The van der Waals surface area contributed by atoms with Crippen LogP contribution in [0.5, 0.6) is 0 Å². The predicted molar refractivity (Wildman–Crippen MR) is 124 cm³/mol. The molecule has 3 aromatic carbocycles. The molecule has 0 saturated heterocycles. The number of amides is 2. The van der Waals surface area contributed by atoms with E-state index in [1.165, 1.54) is 17.0 Å². The van der Waals surface area contributed by atoms with Crippen molar-refractivity contribution in [1.82, 2.24) is 0 Å². The third kappa shape index (κ3) is 3.15. The highest BCUT2D eigenvalue weighted by Gasteiger charge is 2.44. The summed E-state index contributed by atoms with van der Waals surface area (Å²) in [6.07, 6.45) is 0.786. The fraction of sp³-hybridized carbons (Fsp3) is 0.154. The second-order valence-electron chi connectivity index (χ2n) is 8.12. The minimum atomic E-state index is -0.406. The molecule has 5 rings (SSSR count). The van der Waals surface area contributed by atoms with Gasteiger partial charge in [0.05, 0.1) is 11.3 Å². The minimum Gasteiger partial charge on any atom is -0.378 e. The Balaban J connectivity index is 1.67. The molecule has 3 aromatic rings. The van der Waals surface area contributed by atoms with Gasteiger partial charge in [-0.05, 0) is 53.9 Å². The van der Waals surface area contributed by atoms with Gasteiger partial charge in [0.15, 0.2) is 0 Å². The van der Waals surface area contributed by atoms with E-state index >= 15 is 0 Å². The molecule has 0 spiro atoms. The van der Waals surface area contributed by atoms with Crippen molar-refractivity contribution in [3.05, 3.63) is 95.4 Å². The van der Waals surface area contributed by atoms with E-state index in [0.717, 1.165) is 23.4 Å². The number of carbonyl (C=O) groups is 2. The van der Waals surface area contributed by atoms with E-state index in [9.17, 15) is 14.0 Å². The van der Waals surface area contributed by atoms with E-state index in [1.54, 1.807) is 18.2 Å². The first-order valence-corrected chi connectivity index (χ1v) is 10.5. The van der Waals surface area contributed by atoms with E-state index in [4.69, 9.17) is 0 Å². The van der Waals surface area contributed by atoms with E-state index in [2.05, 4.69) is 0 Å². The van der Waals surface area contributed by atoms with Gasteiger partial charge in [0.25, 0.3) is 11.8 Å². The molecule has 2 aliphatic rings. The number of para-hydroxylation sites is 1. The highest BCUT2D eigenvalue weighted by Crippen LogP contribution is 2.40. The number of halogens is 1. The smallest absolute Gasteiger partial charge is 0.282 e. The Labute approximate surface area is 186 Å². The molecule has 0 atom stereocenters. The zero-order valence-corrected chi connectivity index (χ0v) is 17.9. The summed E-state index contributed by atoms with van der Waals surface area (Å²) in [5, 5.41) is 0.